The van der Waals surface area contributed by atoms with Crippen LogP contribution in [0.1, 0.15) is 18.4 Å². The Hall–Kier alpha value is -2.01. The molecule has 0 saturated heterocycles. The van der Waals surface area contributed by atoms with Crippen molar-refractivity contribution in [2.75, 3.05) is 5.32 Å². The van der Waals surface area contributed by atoms with E-state index in [9.17, 15) is 9.90 Å². The molecule has 0 bridgehead atoms. The number of aromatic hydroxyl groups is 1. The van der Waals surface area contributed by atoms with E-state index in [2.05, 4.69) is 10.4 Å². The number of nitrogens with one attached hydrogen (secondary N) is 1. The summed E-state index contributed by atoms with van der Waals surface area (Å²) < 4.78 is 1.47. The molecule has 0 aliphatic heterocycles. The second kappa shape index (κ2) is 5.77. The van der Waals surface area contributed by atoms with E-state index in [4.69, 9.17) is 11.6 Å². The molecule has 1 aliphatic carbocycles. The van der Waals surface area contributed by atoms with Crippen LogP contribution in [0.5, 0.6) is 5.75 Å². The molecule has 0 spiro atoms. The first kappa shape index (κ1) is 13.9. The normalized spacial score (nSPS) is 14.1. The van der Waals surface area contributed by atoms with Crippen molar-refractivity contribution in [1.29, 1.82) is 0 Å². The molecule has 110 valence electrons. The fraction of sp³-hybridized carbons (Fsp3) is 0.333. The van der Waals surface area contributed by atoms with Crippen molar-refractivity contribution in [1.82, 2.24) is 9.78 Å². The Morgan fingerprint density at radius 2 is 2.05 bits per heavy atom. The molecular formula is C15H16ClN3O2. The summed E-state index contributed by atoms with van der Waals surface area (Å²) in [5.41, 5.74) is 1.14. The second-order valence-electron chi connectivity index (χ2n) is 5.32. The van der Waals surface area contributed by atoms with E-state index in [-0.39, 0.29) is 11.3 Å². The van der Waals surface area contributed by atoms with Gasteiger partial charge in [-0.1, -0.05) is 23.7 Å². The summed E-state index contributed by atoms with van der Waals surface area (Å²) in [7, 11) is 0. The SMILES string of the molecule is O=c1c(NCc2ccc(O)cc2)c(Cl)cnn1CC1CC1. The monoisotopic (exact) mass is 305 g/mol. The average Bonchev–Trinajstić information content (AvgIpc) is 3.28. The Labute approximate surface area is 127 Å². The highest BCUT2D eigenvalue weighted by Gasteiger charge is 2.23. The lowest BCUT2D eigenvalue weighted by Gasteiger charge is -2.10. The maximum absolute atomic E-state index is 12.3. The van der Waals surface area contributed by atoms with E-state index >= 15 is 0 Å². The van der Waals surface area contributed by atoms with Crippen LogP contribution in [0.15, 0.2) is 35.3 Å². The van der Waals surface area contributed by atoms with Gasteiger partial charge in [0.2, 0.25) is 0 Å². The van der Waals surface area contributed by atoms with Gasteiger partial charge in [0, 0.05) is 13.1 Å². The summed E-state index contributed by atoms with van der Waals surface area (Å²) >= 11 is 6.07. The number of hydrogen-bond donors (Lipinski definition) is 2. The number of halogens is 1. The van der Waals surface area contributed by atoms with Crippen LogP contribution in [-0.4, -0.2) is 14.9 Å². The first-order chi connectivity index (χ1) is 10.1. The second-order valence-corrected chi connectivity index (χ2v) is 5.73. The van der Waals surface area contributed by atoms with Crippen molar-refractivity contribution >= 4 is 17.3 Å². The zero-order chi connectivity index (χ0) is 14.8. The number of phenols is 1. The van der Waals surface area contributed by atoms with Gasteiger partial charge < -0.3 is 10.4 Å². The predicted octanol–water partition coefficient (Wildman–Crippen LogP) is 2.62. The van der Waals surface area contributed by atoms with E-state index in [0.717, 1.165) is 18.4 Å². The Bertz CT molecular complexity index is 693. The summed E-state index contributed by atoms with van der Waals surface area (Å²) in [6.45, 7) is 1.12. The van der Waals surface area contributed by atoms with Gasteiger partial charge in [-0.2, -0.15) is 5.10 Å². The van der Waals surface area contributed by atoms with Crippen molar-refractivity contribution in [3.63, 3.8) is 0 Å². The third kappa shape index (κ3) is 3.36. The highest BCUT2D eigenvalue weighted by Crippen LogP contribution is 2.30. The summed E-state index contributed by atoms with van der Waals surface area (Å²) in [4.78, 5) is 12.3. The molecule has 0 unspecified atom stereocenters. The van der Waals surface area contributed by atoms with E-state index in [1.807, 2.05) is 0 Å². The largest absolute Gasteiger partial charge is 0.508 e. The Morgan fingerprint density at radius 1 is 1.33 bits per heavy atom. The molecule has 5 nitrogen and oxygen atoms in total. The minimum atomic E-state index is -0.187. The minimum absolute atomic E-state index is 0.187. The van der Waals surface area contributed by atoms with Crippen LogP contribution in [0.4, 0.5) is 5.69 Å². The number of rotatable bonds is 5. The average molecular weight is 306 g/mol. The van der Waals surface area contributed by atoms with E-state index < -0.39 is 0 Å². The summed E-state index contributed by atoms with van der Waals surface area (Å²) in [5, 5.41) is 16.7. The fourth-order valence-corrected chi connectivity index (χ4v) is 2.30. The number of phenolic OH excluding ortho intramolecular Hbond substituents is 1. The summed E-state index contributed by atoms with van der Waals surface area (Å²) in [6, 6.07) is 6.80. The van der Waals surface area contributed by atoms with E-state index in [0.29, 0.717) is 29.7 Å². The number of nitrogens with zero attached hydrogens (tertiary/aromatic N) is 2. The smallest absolute Gasteiger partial charge is 0.291 e. The zero-order valence-electron chi connectivity index (χ0n) is 11.4. The van der Waals surface area contributed by atoms with Gasteiger partial charge >= 0.3 is 0 Å². The number of anilines is 1. The lowest BCUT2D eigenvalue weighted by atomic mass is 10.2. The van der Waals surface area contributed by atoms with Crippen LogP contribution in [-0.2, 0) is 13.1 Å². The molecule has 6 heteroatoms. The molecule has 2 N–H and O–H groups in total. The van der Waals surface area contributed by atoms with Crippen molar-refractivity contribution in [2.45, 2.75) is 25.9 Å². The molecule has 0 atom stereocenters. The quantitative estimate of drug-likeness (QED) is 0.891. The van der Waals surface area contributed by atoms with Crippen molar-refractivity contribution in [3.8, 4) is 5.75 Å². The molecule has 21 heavy (non-hydrogen) atoms. The van der Waals surface area contributed by atoms with Crippen LogP contribution in [0.2, 0.25) is 5.02 Å². The van der Waals surface area contributed by atoms with Gasteiger partial charge in [0.05, 0.1) is 11.2 Å². The fourth-order valence-electron chi connectivity index (χ4n) is 2.11. The van der Waals surface area contributed by atoms with Crippen LogP contribution < -0.4 is 10.9 Å². The third-order valence-corrected chi connectivity index (χ3v) is 3.82. The molecule has 1 fully saturated rings. The lowest BCUT2D eigenvalue weighted by Crippen LogP contribution is -2.26. The van der Waals surface area contributed by atoms with Crippen LogP contribution >= 0.6 is 11.6 Å². The first-order valence-corrected chi connectivity index (χ1v) is 7.28. The van der Waals surface area contributed by atoms with E-state index in [1.54, 1.807) is 24.3 Å². The number of benzene rings is 1. The van der Waals surface area contributed by atoms with Gasteiger partial charge in [-0.3, -0.25) is 4.79 Å². The predicted molar refractivity (Wildman–Crippen MR) is 81.7 cm³/mol. The Kier molecular flexibility index (Phi) is 3.84. The van der Waals surface area contributed by atoms with Gasteiger partial charge in [0.25, 0.3) is 5.56 Å². The maximum Gasteiger partial charge on any atom is 0.291 e. The maximum atomic E-state index is 12.3. The Balaban J connectivity index is 1.77. The molecular weight excluding hydrogens is 290 g/mol. The standard InChI is InChI=1S/C15H16ClN3O2/c16-13-8-18-19(9-11-1-2-11)15(21)14(13)17-7-10-3-5-12(20)6-4-10/h3-6,8,11,17,20H,1-2,7,9H2. The molecule has 1 saturated carbocycles. The van der Waals surface area contributed by atoms with Crippen molar-refractivity contribution in [2.24, 2.45) is 5.92 Å². The number of aromatic nitrogens is 2. The van der Waals surface area contributed by atoms with Crippen LogP contribution in [0.3, 0.4) is 0 Å². The molecule has 2 aromatic rings. The first-order valence-electron chi connectivity index (χ1n) is 6.91. The molecule has 0 amide bonds. The number of hydrogen-bond acceptors (Lipinski definition) is 4. The van der Waals surface area contributed by atoms with Crippen molar-refractivity contribution in [3.05, 3.63) is 51.4 Å². The molecule has 1 heterocycles. The molecule has 1 aromatic carbocycles. The van der Waals surface area contributed by atoms with Crippen molar-refractivity contribution < 1.29 is 5.11 Å². The molecule has 1 aromatic heterocycles. The third-order valence-electron chi connectivity index (χ3n) is 3.53. The minimum Gasteiger partial charge on any atom is -0.508 e. The molecule has 1 aliphatic rings. The highest BCUT2D eigenvalue weighted by molar-refractivity contribution is 6.32. The highest BCUT2D eigenvalue weighted by atomic mass is 35.5. The van der Waals surface area contributed by atoms with Gasteiger partial charge in [-0.15, -0.1) is 0 Å². The zero-order valence-corrected chi connectivity index (χ0v) is 12.2. The Morgan fingerprint density at radius 3 is 2.71 bits per heavy atom. The van der Waals surface area contributed by atoms with E-state index in [1.165, 1.54) is 10.9 Å². The lowest BCUT2D eigenvalue weighted by molar-refractivity contribution is 0.475. The van der Waals surface area contributed by atoms with Crippen LogP contribution in [0, 0.1) is 5.92 Å². The molecule has 3 rings (SSSR count). The summed E-state index contributed by atoms with van der Waals surface area (Å²) in [5.74, 6) is 0.786. The van der Waals surface area contributed by atoms with Gasteiger partial charge in [-0.25, -0.2) is 4.68 Å². The van der Waals surface area contributed by atoms with Gasteiger partial charge in [-0.05, 0) is 36.5 Å². The van der Waals surface area contributed by atoms with Gasteiger partial charge in [0.15, 0.2) is 0 Å². The topological polar surface area (TPSA) is 67.2 Å². The summed E-state index contributed by atoms with van der Waals surface area (Å²) in [6.07, 6.45) is 3.82. The van der Waals surface area contributed by atoms with Crippen LogP contribution in [0.25, 0.3) is 0 Å². The molecule has 0 radical (unpaired) electrons. The van der Waals surface area contributed by atoms with Gasteiger partial charge in [0.1, 0.15) is 11.4 Å².